The van der Waals surface area contributed by atoms with E-state index in [1.165, 1.54) is 6.07 Å². The van der Waals surface area contributed by atoms with Gasteiger partial charge in [0.1, 0.15) is 0 Å². The Labute approximate surface area is 123 Å². The molecule has 0 saturated heterocycles. The Hall–Kier alpha value is -1.48. The summed E-state index contributed by atoms with van der Waals surface area (Å²) in [7, 11) is -3.81. The molecule has 0 aromatic heterocycles. The lowest BCUT2D eigenvalue weighted by Crippen LogP contribution is -2.28. The predicted octanol–water partition coefficient (Wildman–Crippen LogP) is 0.289. The van der Waals surface area contributed by atoms with E-state index in [2.05, 4.69) is 4.72 Å². The first-order valence-corrected chi connectivity index (χ1v) is 7.80. The van der Waals surface area contributed by atoms with Crippen LogP contribution in [-0.2, 0) is 14.8 Å². The zero-order valence-electron chi connectivity index (χ0n) is 11.9. The third-order valence-corrected chi connectivity index (χ3v) is 4.42. The number of carboxylic acids is 1. The summed E-state index contributed by atoms with van der Waals surface area (Å²) in [6.07, 6.45) is 0. The molecule has 1 rings (SSSR count). The number of aromatic carboxylic acids is 1. The molecule has 21 heavy (non-hydrogen) atoms. The van der Waals surface area contributed by atoms with Crippen molar-refractivity contribution in [2.24, 2.45) is 0 Å². The SMILES string of the molecule is Cc1cc(C)c(S(=O)(=O)NCCOCCO)cc1C(=O)O. The van der Waals surface area contributed by atoms with Crippen LogP contribution >= 0.6 is 0 Å². The van der Waals surface area contributed by atoms with Gasteiger partial charge in [-0.2, -0.15) is 0 Å². The number of rotatable bonds is 8. The number of benzene rings is 1. The third-order valence-electron chi connectivity index (χ3n) is 2.82. The van der Waals surface area contributed by atoms with E-state index in [0.29, 0.717) is 11.1 Å². The first kappa shape index (κ1) is 17.6. The van der Waals surface area contributed by atoms with Crippen LogP contribution in [0.25, 0.3) is 0 Å². The van der Waals surface area contributed by atoms with Crippen molar-refractivity contribution in [3.05, 3.63) is 28.8 Å². The number of sulfonamides is 1. The lowest BCUT2D eigenvalue weighted by molar-refractivity contribution is 0.0696. The maximum absolute atomic E-state index is 12.2. The van der Waals surface area contributed by atoms with Gasteiger partial charge in [0, 0.05) is 6.54 Å². The Morgan fingerprint density at radius 3 is 2.48 bits per heavy atom. The fraction of sp³-hybridized carbons (Fsp3) is 0.462. The topological polar surface area (TPSA) is 113 Å². The number of carbonyl (C=O) groups is 1. The zero-order valence-corrected chi connectivity index (χ0v) is 12.7. The second-order valence-electron chi connectivity index (χ2n) is 4.47. The van der Waals surface area contributed by atoms with E-state index in [4.69, 9.17) is 14.9 Å². The van der Waals surface area contributed by atoms with E-state index in [1.54, 1.807) is 13.8 Å². The molecule has 0 radical (unpaired) electrons. The average molecular weight is 317 g/mol. The maximum atomic E-state index is 12.2. The highest BCUT2D eigenvalue weighted by Crippen LogP contribution is 2.20. The molecule has 0 bridgehead atoms. The van der Waals surface area contributed by atoms with Crippen molar-refractivity contribution in [1.29, 1.82) is 0 Å². The summed E-state index contributed by atoms with van der Waals surface area (Å²) in [6, 6.07) is 2.68. The van der Waals surface area contributed by atoms with Crippen molar-refractivity contribution in [2.45, 2.75) is 18.7 Å². The molecule has 0 atom stereocenters. The molecular weight excluding hydrogens is 298 g/mol. The number of hydrogen-bond donors (Lipinski definition) is 3. The van der Waals surface area contributed by atoms with Gasteiger partial charge in [0.15, 0.2) is 0 Å². The van der Waals surface area contributed by atoms with Gasteiger partial charge in [-0.05, 0) is 31.0 Å². The number of carboxylic acid groups (broad SMARTS) is 1. The van der Waals surface area contributed by atoms with Crippen molar-refractivity contribution in [1.82, 2.24) is 4.72 Å². The molecule has 0 unspecified atom stereocenters. The van der Waals surface area contributed by atoms with Gasteiger partial charge < -0.3 is 14.9 Å². The quantitative estimate of drug-likeness (QED) is 0.594. The summed E-state index contributed by atoms with van der Waals surface area (Å²) in [5.41, 5.74) is 0.934. The summed E-state index contributed by atoms with van der Waals surface area (Å²) < 4.78 is 31.6. The number of hydrogen-bond acceptors (Lipinski definition) is 5. The van der Waals surface area contributed by atoms with Gasteiger partial charge in [-0.1, -0.05) is 6.07 Å². The minimum Gasteiger partial charge on any atom is -0.478 e. The first-order valence-electron chi connectivity index (χ1n) is 6.32. The fourth-order valence-electron chi connectivity index (χ4n) is 1.84. The summed E-state index contributed by atoms with van der Waals surface area (Å²) in [6.45, 7) is 3.38. The Kier molecular flexibility index (Phi) is 6.28. The highest BCUT2D eigenvalue weighted by Gasteiger charge is 2.20. The van der Waals surface area contributed by atoms with E-state index >= 15 is 0 Å². The van der Waals surface area contributed by atoms with Crippen LogP contribution in [0.5, 0.6) is 0 Å². The number of ether oxygens (including phenoxy) is 1. The van der Waals surface area contributed by atoms with Crippen LogP contribution in [0.1, 0.15) is 21.5 Å². The molecule has 0 aliphatic carbocycles. The monoisotopic (exact) mass is 317 g/mol. The highest BCUT2D eigenvalue weighted by atomic mass is 32.2. The van der Waals surface area contributed by atoms with Crippen LogP contribution in [0.15, 0.2) is 17.0 Å². The smallest absolute Gasteiger partial charge is 0.335 e. The standard InChI is InChI=1S/C13H19NO6S/c1-9-7-10(2)12(8-11(9)13(16)17)21(18,19)14-3-5-20-6-4-15/h7-8,14-15H,3-6H2,1-2H3,(H,16,17). The molecule has 118 valence electrons. The summed E-state index contributed by atoms with van der Waals surface area (Å²) in [4.78, 5) is 11.0. The van der Waals surface area contributed by atoms with Crippen LogP contribution in [0.4, 0.5) is 0 Å². The summed E-state index contributed by atoms with van der Waals surface area (Å²) >= 11 is 0. The number of nitrogens with one attached hydrogen (secondary N) is 1. The lowest BCUT2D eigenvalue weighted by atomic mass is 10.1. The van der Waals surface area contributed by atoms with Crippen molar-refractivity contribution in [2.75, 3.05) is 26.4 Å². The average Bonchev–Trinajstić information content (AvgIpc) is 2.37. The molecule has 0 heterocycles. The second kappa shape index (κ2) is 7.51. The molecule has 0 aliphatic heterocycles. The first-order chi connectivity index (χ1) is 9.79. The van der Waals surface area contributed by atoms with E-state index in [0.717, 1.165) is 6.07 Å². The van der Waals surface area contributed by atoms with Crippen molar-refractivity contribution < 1.29 is 28.2 Å². The van der Waals surface area contributed by atoms with E-state index in [-0.39, 0.29) is 36.8 Å². The van der Waals surface area contributed by atoms with Crippen LogP contribution < -0.4 is 4.72 Å². The minimum atomic E-state index is -3.81. The predicted molar refractivity (Wildman–Crippen MR) is 76.0 cm³/mol. The molecular formula is C13H19NO6S. The van der Waals surface area contributed by atoms with Gasteiger partial charge >= 0.3 is 5.97 Å². The van der Waals surface area contributed by atoms with Gasteiger partial charge in [-0.25, -0.2) is 17.9 Å². The maximum Gasteiger partial charge on any atom is 0.335 e. The fourth-order valence-corrected chi connectivity index (χ4v) is 3.11. The Morgan fingerprint density at radius 2 is 1.90 bits per heavy atom. The molecule has 1 aromatic carbocycles. The van der Waals surface area contributed by atoms with Gasteiger partial charge in [-0.15, -0.1) is 0 Å². The Bertz CT molecular complexity index is 611. The summed E-state index contributed by atoms with van der Waals surface area (Å²) in [5, 5.41) is 17.6. The van der Waals surface area contributed by atoms with Gasteiger partial charge in [0.25, 0.3) is 0 Å². The molecule has 1 aromatic rings. The molecule has 0 amide bonds. The van der Waals surface area contributed by atoms with Crippen LogP contribution in [0.2, 0.25) is 0 Å². The van der Waals surface area contributed by atoms with Gasteiger partial charge in [-0.3, -0.25) is 0 Å². The van der Waals surface area contributed by atoms with E-state index in [9.17, 15) is 13.2 Å². The lowest BCUT2D eigenvalue weighted by Gasteiger charge is -2.12. The number of aliphatic hydroxyl groups excluding tert-OH is 1. The summed E-state index contributed by atoms with van der Waals surface area (Å²) in [5.74, 6) is -1.17. The molecule has 0 spiro atoms. The molecule has 0 aliphatic rings. The molecule has 0 fully saturated rings. The molecule has 8 heteroatoms. The van der Waals surface area contributed by atoms with Crippen molar-refractivity contribution in [3.63, 3.8) is 0 Å². The molecule has 7 nitrogen and oxygen atoms in total. The second-order valence-corrected chi connectivity index (χ2v) is 6.21. The zero-order chi connectivity index (χ0) is 16.0. The molecule has 0 saturated carbocycles. The highest BCUT2D eigenvalue weighted by molar-refractivity contribution is 7.89. The van der Waals surface area contributed by atoms with E-state index in [1.807, 2.05) is 0 Å². The van der Waals surface area contributed by atoms with Gasteiger partial charge in [0.05, 0.1) is 30.3 Å². The number of aryl methyl sites for hydroxylation is 2. The minimum absolute atomic E-state index is 0.0397. The Morgan fingerprint density at radius 1 is 1.24 bits per heavy atom. The van der Waals surface area contributed by atoms with Crippen molar-refractivity contribution >= 4 is 16.0 Å². The van der Waals surface area contributed by atoms with Gasteiger partial charge in [0.2, 0.25) is 10.0 Å². The normalized spacial score (nSPS) is 11.6. The third kappa shape index (κ3) is 4.78. The van der Waals surface area contributed by atoms with Crippen molar-refractivity contribution in [3.8, 4) is 0 Å². The number of aliphatic hydroxyl groups is 1. The largest absolute Gasteiger partial charge is 0.478 e. The van der Waals surface area contributed by atoms with E-state index < -0.39 is 16.0 Å². The molecule has 3 N–H and O–H groups in total. The van der Waals surface area contributed by atoms with Crippen LogP contribution in [-0.4, -0.2) is 51.0 Å². The van der Waals surface area contributed by atoms with Crippen LogP contribution in [0, 0.1) is 13.8 Å². The van der Waals surface area contributed by atoms with Crippen LogP contribution in [0.3, 0.4) is 0 Å². The Balaban J connectivity index is 2.92.